The fourth-order valence-electron chi connectivity index (χ4n) is 1.59. The van der Waals surface area contributed by atoms with Crippen LogP contribution >= 0.6 is 12.4 Å². The molecule has 0 heterocycles. The zero-order valence-electron chi connectivity index (χ0n) is 11.9. The van der Waals surface area contributed by atoms with Crippen molar-refractivity contribution in [1.29, 1.82) is 0 Å². The predicted octanol–water partition coefficient (Wildman–Crippen LogP) is 1.99. The Hall–Kier alpha value is -1.41. The molecule has 0 bridgehead atoms. The monoisotopic (exact) mass is 299 g/mol. The number of hydrogen-bond acceptors (Lipinski definition) is 4. The first-order valence-corrected chi connectivity index (χ1v) is 6.38. The van der Waals surface area contributed by atoms with Crippen molar-refractivity contribution in [3.63, 3.8) is 0 Å². The van der Waals surface area contributed by atoms with Gasteiger partial charge in [0.15, 0.2) is 11.5 Å². The third-order valence-corrected chi connectivity index (χ3v) is 2.39. The van der Waals surface area contributed by atoms with Crippen LogP contribution < -0.4 is 14.8 Å². The Morgan fingerprint density at radius 2 is 2.10 bits per heavy atom. The number of benzene rings is 1. The Morgan fingerprint density at radius 3 is 2.70 bits per heavy atom. The second-order valence-electron chi connectivity index (χ2n) is 4.19. The lowest BCUT2D eigenvalue weighted by molar-refractivity contribution is 0.191. The van der Waals surface area contributed by atoms with Crippen LogP contribution in [0.25, 0.3) is 0 Å². The molecule has 0 radical (unpaired) electrons. The van der Waals surface area contributed by atoms with Crippen LogP contribution in [0.2, 0.25) is 0 Å². The number of aliphatic hydroxyl groups is 1. The number of hydrogen-bond donors (Lipinski definition) is 2. The molecule has 0 saturated heterocycles. The molecule has 5 heteroatoms. The van der Waals surface area contributed by atoms with Gasteiger partial charge < -0.3 is 19.9 Å². The summed E-state index contributed by atoms with van der Waals surface area (Å²) >= 11 is 0. The van der Waals surface area contributed by atoms with E-state index in [1.807, 2.05) is 25.1 Å². The van der Waals surface area contributed by atoms with Crippen LogP contribution in [0.4, 0.5) is 0 Å². The number of terminal acetylenes is 1. The number of aliphatic hydroxyl groups excluding tert-OH is 1. The number of ether oxygens (including phenoxy) is 2. The predicted molar refractivity (Wildman–Crippen MR) is 82.6 cm³/mol. The first-order valence-electron chi connectivity index (χ1n) is 6.38. The third-order valence-electron chi connectivity index (χ3n) is 2.39. The highest BCUT2D eigenvalue weighted by molar-refractivity contribution is 5.85. The lowest BCUT2D eigenvalue weighted by Crippen LogP contribution is -2.23. The second-order valence-corrected chi connectivity index (χ2v) is 4.19. The molecule has 0 aliphatic carbocycles. The highest BCUT2D eigenvalue weighted by Crippen LogP contribution is 2.28. The second kappa shape index (κ2) is 10.4. The number of halogens is 1. The molecule has 0 fully saturated rings. The van der Waals surface area contributed by atoms with Crippen molar-refractivity contribution >= 4 is 12.4 Å². The largest absolute Gasteiger partial charge is 0.490 e. The molecule has 1 atom stereocenters. The van der Waals surface area contributed by atoms with Gasteiger partial charge >= 0.3 is 0 Å². The van der Waals surface area contributed by atoms with E-state index >= 15 is 0 Å². The maximum atomic E-state index is 9.18. The minimum absolute atomic E-state index is 0. The van der Waals surface area contributed by atoms with Gasteiger partial charge in [-0.25, -0.2) is 0 Å². The van der Waals surface area contributed by atoms with Gasteiger partial charge in [0.1, 0.15) is 6.61 Å². The van der Waals surface area contributed by atoms with Crippen LogP contribution in [0.15, 0.2) is 18.2 Å². The average Bonchev–Trinajstić information content (AvgIpc) is 2.38. The summed E-state index contributed by atoms with van der Waals surface area (Å²) in [4.78, 5) is 0. The molecule has 1 unspecified atom stereocenters. The molecule has 1 aromatic carbocycles. The van der Waals surface area contributed by atoms with Gasteiger partial charge in [-0.3, -0.25) is 0 Å². The highest BCUT2D eigenvalue weighted by Gasteiger charge is 2.06. The van der Waals surface area contributed by atoms with Crippen LogP contribution in [0, 0.1) is 12.3 Å². The van der Waals surface area contributed by atoms with Crippen LogP contribution in [-0.2, 0) is 6.54 Å². The third kappa shape index (κ3) is 6.67. The minimum Gasteiger partial charge on any atom is -0.490 e. The zero-order chi connectivity index (χ0) is 14.1. The summed E-state index contributed by atoms with van der Waals surface area (Å²) in [6.45, 7) is 5.68. The van der Waals surface area contributed by atoms with E-state index in [0.717, 1.165) is 5.56 Å². The summed E-state index contributed by atoms with van der Waals surface area (Å²) in [5.41, 5.74) is 1.07. The van der Waals surface area contributed by atoms with Gasteiger partial charge in [-0.1, -0.05) is 12.0 Å². The average molecular weight is 300 g/mol. The molecule has 0 aromatic heterocycles. The SMILES string of the molecule is C#CCOc1ccc(CNCC(C)O)cc1OCC.Cl. The fourth-order valence-corrected chi connectivity index (χ4v) is 1.59. The molecule has 0 aliphatic rings. The molecule has 4 nitrogen and oxygen atoms in total. The molecular weight excluding hydrogens is 278 g/mol. The number of rotatable bonds is 8. The van der Waals surface area contributed by atoms with Crippen molar-refractivity contribution in [3.8, 4) is 23.8 Å². The van der Waals surface area contributed by atoms with Crippen LogP contribution in [0.1, 0.15) is 19.4 Å². The molecule has 0 spiro atoms. The van der Waals surface area contributed by atoms with Gasteiger partial charge in [0.25, 0.3) is 0 Å². The summed E-state index contributed by atoms with van der Waals surface area (Å²) in [5.74, 6) is 3.77. The molecular formula is C15H22ClNO3. The Kier molecular flexibility index (Phi) is 9.65. The van der Waals surface area contributed by atoms with Crippen molar-refractivity contribution in [2.24, 2.45) is 0 Å². The van der Waals surface area contributed by atoms with Crippen molar-refractivity contribution in [1.82, 2.24) is 5.32 Å². The summed E-state index contributed by atoms with van der Waals surface area (Å²) < 4.78 is 10.9. The lowest BCUT2D eigenvalue weighted by Gasteiger charge is -2.13. The van der Waals surface area contributed by atoms with Gasteiger partial charge in [-0.2, -0.15) is 0 Å². The zero-order valence-corrected chi connectivity index (χ0v) is 12.7. The van der Waals surface area contributed by atoms with Crippen LogP contribution in [-0.4, -0.2) is 31.0 Å². The van der Waals surface area contributed by atoms with Gasteiger partial charge in [0, 0.05) is 13.1 Å². The minimum atomic E-state index is -0.357. The van der Waals surface area contributed by atoms with Crippen molar-refractivity contribution in [2.75, 3.05) is 19.8 Å². The van der Waals surface area contributed by atoms with E-state index < -0.39 is 0 Å². The van der Waals surface area contributed by atoms with E-state index in [0.29, 0.717) is 31.2 Å². The van der Waals surface area contributed by atoms with Crippen molar-refractivity contribution in [2.45, 2.75) is 26.5 Å². The molecule has 112 valence electrons. The Bertz CT molecular complexity index is 430. The van der Waals surface area contributed by atoms with Gasteiger partial charge in [-0.15, -0.1) is 18.8 Å². The van der Waals surface area contributed by atoms with Crippen LogP contribution in [0.5, 0.6) is 11.5 Å². The maximum absolute atomic E-state index is 9.18. The van der Waals surface area contributed by atoms with Crippen LogP contribution in [0.3, 0.4) is 0 Å². The van der Waals surface area contributed by atoms with Crippen molar-refractivity contribution < 1.29 is 14.6 Å². The van der Waals surface area contributed by atoms with E-state index in [1.165, 1.54) is 0 Å². The first-order chi connectivity index (χ1) is 9.17. The maximum Gasteiger partial charge on any atom is 0.162 e. The van der Waals surface area contributed by atoms with E-state index in [9.17, 15) is 5.11 Å². The van der Waals surface area contributed by atoms with E-state index in [2.05, 4.69) is 11.2 Å². The summed E-state index contributed by atoms with van der Waals surface area (Å²) in [7, 11) is 0. The summed E-state index contributed by atoms with van der Waals surface area (Å²) in [5, 5.41) is 12.3. The molecule has 0 saturated carbocycles. The molecule has 1 rings (SSSR count). The molecule has 0 aliphatic heterocycles. The number of nitrogens with one attached hydrogen (secondary N) is 1. The van der Waals surface area contributed by atoms with Gasteiger partial charge in [0.05, 0.1) is 12.7 Å². The first kappa shape index (κ1) is 18.6. The van der Waals surface area contributed by atoms with E-state index in [1.54, 1.807) is 6.92 Å². The highest BCUT2D eigenvalue weighted by atomic mass is 35.5. The smallest absolute Gasteiger partial charge is 0.162 e. The van der Waals surface area contributed by atoms with Crippen molar-refractivity contribution in [3.05, 3.63) is 23.8 Å². The van der Waals surface area contributed by atoms with E-state index in [-0.39, 0.29) is 25.1 Å². The quantitative estimate of drug-likeness (QED) is 0.721. The van der Waals surface area contributed by atoms with Gasteiger partial charge in [0.2, 0.25) is 0 Å². The topological polar surface area (TPSA) is 50.7 Å². The fraction of sp³-hybridized carbons (Fsp3) is 0.467. The van der Waals surface area contributed by atoms with E-state index in [4.69, 9.17) is 15.9 Å². The lowest BCUT2D eigenvalue weighted by atomic mass is 10.2. The Balaban J connectivity index is 0.00000361. The molecule has 0 amide bonds. The summed E-state index contributed by atoms with van der Waals surface area (Å²) in [6.07, 6.45) is 4.82. The summed E-state index contributed by atoms with van der Waals surface area (Å²) in [6, 6.07) is 5.72. The van der Waals surface area contributed by atoms with Gasteiger partial charge in [-0.05, 0) is 31.5 Å². The normalized spacial score (nSPS) is 11.1. The molecule has 20 heavy (non-hydrogen) atoms. The Labute approximate surface area is 126 Å². The standard InChI is InChI=1S/C15H21NO3.ClH/c1-4-8-19-14-7-6-13(9-15(14)18-5-2)11-16-10-12(3)17;/h1,6-7,9,12,16-17H,5,8,10-11H2,2-3H3;1H. The molecule has 2 N–H and O–H groups in total. The Morgan fingerprint density at radius 1 is 1.35 bits per heavy atom. The molecule has 1 aromatic rings.